The van der Waals surface area contributed by atoms with Crippen LogP contribution in [0.25, 0.3) is 0 Å². The maximum absolute atomic E-state index is 11.9. The number of carboxylic acids is 2. The minimum atomic E-state index is -1.62. The zero-order valence-corrected chi connectivity index (χ0v) is 14.9. The van der Waals surface area contributed by atoms with E-state index in [1.54, 1.807) is 0 Å². The minimum absolute atomic E-state index is 0.210. The average Bonchev–Trinajstić information content (AvgIpc) is 2.50. The van der Waals surface area contributed by atoms with Crippen LogP contribution in [0.1, 0.15) is 33.6 Å². The Morgan fingerprint density at radius 2 is 1.54 bits per heavy atom. The van der Waals surface area contributed by atoms with Crippen LogP contribution in [0, 0.1) is 5.92 Å². The van der Waals surface area contributed by atoms with E-state index in [-0.39, 0.29) is 5.92 Å². The number of amides is 3. The third-order valence-electron chi connectivity index (χ3n) is 3.25. The van der Waals surface area contributed by atoms with Crippen LogP contribution >= 0.6 is 0 Å². The van der Waals surface area contributed by atoms with Crippen LogP contribution in [-0.2, 0) is 24.0 Å². The van der Waals surface area contributed by atoms with Gasteiger partial charge in [0.1, 0.15) is 12.1 Å². The molecule has 0 aromatic carbocycles. The smallest absolute Gasteiger partial charge is 0.326 e. The first-order valence-electron chi connectivity index (χ1n) is 8.01. The number of hydrogen-bond acceptors (Lipinski definition) is 6. The molecule has 0 aromatic heterocycles. The second-order valence-electron chi connectivity index (χ2n) is 6.24. The molecule has 11 nitrogen and oxygen atoms in total. The quantitative estimate of drug-likeness (QED) is 0.240. The monoisotopic (exact) mass is 374 g/mol. The van der Waals surface area contributed by atoms with Crippen LogP contribution in [0.2, 0.25) is 0 Å². The van der Waals surface area contributed by atoms with Crippen LogP contribution in [0.5, 0.6) is 0 Å². The Morgan fingerprint density at radius 1 is 0.962 bits per heavy atom. The molecular formula is C15H26N4O7. The summed E-state index contributed by atoms with van der Waals surface area (Å²) >= 11 is 0. The van der Waals surface area contributed by atoms with E-state index in [9.17, 15) is 24.0 Å². The number of nitrogens with one attached hydrogen (secondary N) is 3. The molecule has 11 heteroatoms. The van der Waals surface area contributed by atoms with Gasteiger partial charge >= 0.3 is 11.9 Å². The van der Waals surface area contributed by atoms with Gasteiger partial charge in [-0.3, -0.25) is 19.2 Å². The van der Waals surface area contributed by atoms with Gasteiger partial charge in [0.05, 0.1) is 19.0 Å². The fourth-order valence-corrected chi connectivity index (χ4v) is 1.94. The first-order valence-corrected chi connectivity index (χ1v) is 8.01. The Hall–Kier alpha value is -2.69. The lowest BCUT2D eigenvalue weighted by Crippen LogP contribution is -2.53. The van der Waals surface area contributed by atoms with E-state index in [1.165, 1.54) is 6.92 Å². The van der Waals surface area contributed by atoms with Crippen LogP contribution in [0.15, 0.2) is 0 Å². The maximum atomic E-state index is 11.9. The highest BCUT2D eigenvalue weighted by atomic mass is 16.4. The fraction of sp³-hybridized carbons (Fsp3) is 0.667. The lowest BCUT2D eigenvalue weighted by atomic mass is 10.0. The van der Waals surface area contributed by atoms with Crippen LogP contribution in [0.3, 0.4) is 0 Å². The van der Waals surface area contributed by atoms with E-state index in [4.69, 9.17) is 15.9 Å². The third kappa shape index (κ3) is 9.57. The van der Waals surface area contributed by atoms with Gasteiger partial charge in [-0.15, -0.1) is 0 Å². The van der Waals surface area contributed by atoms with Crippen molar-refractivity contribution in [1.29, 1.82) is 0 Å². The molecule has 3 atom stereocenters. The number of rotatable bonds is 11. The van der Waals surface area contributed by atoms with Gasteiger partial charge in [-0.25, -0.2) is 4.79 Å². The summed E-state index contributed by atoms with van der Waals surface area (Å²) in [5.41, 5.74) is 5.67. The molecule has 3 amide bonds. The molecule has 0 aromatic rings. The van der Waals surface area contributed by atoms with E-state index in [0.29, 0.717) is 6.42 Å². The summed E-state index contributed by atoms with van der Waals surface area (Å²) in [6.07, 6.45) is -0.349. The predicted octanol–water partition coefficient (Wildman–Crippen LogP) is -1.98. The molecule has 3 unspecified atom stereocenters. The molecule has 0 radical (unpaired) electrons. The molecule has 0 bridgehead atoms. The van der Waals surface area contributed by atoms with Crippen LogP contribution < -0.4 is 21.7 Å². The van der Waals surface area contributed by atoms with Gasteiger partial charge in [-0.1, -0.05) is 13.8 Å². The van der Waals surface area contributed by atoms with Crippen LogP contribution in [-0.4, -0.2) is 64.5 Å². The van der Waals surface area contributed by atoms with E-state index in [1.807, 2.05) is 19.2 Å². The average molecular weight is 374 g/mol. The van der Waals surface area contributed by atoms with Crippen molar-refractivity contribution in [3.63, 3.8) is 0 Å². The SMILES string of the molecule is CC(C)CC(N)C(=O)NCC(=O)NC(C)C(=O)NC(CC(=O)O)C(=O)O. The second-order valence-corrected chi connectivity index (χ2v) is 6.24. The van der Waals surface area contributed by atoms with E-state index in [2.05, 4.69) is 10.6 Å². The molecular weight excluding hydrogens is 348 g/mol. The van der Waals surface area contributed by atoms with Gasteiger partial charge in [-0.2, -0.15) is 0 Å². The summed E-state index contributed by atoms with van der Waals surface area (Å²) in [6.45, 7) is 4.68. The van der Waals surface area contributed by atoms with Crippen molar-refractivity contribution in [1.82, 2.24) is 16.0 Å². The second kappa shape index (κ2) is 11.0. The van der Waals surface area contributed by atoms with Crippen molar-refractivity contribution in [3.8, 4) is 0 Å². The summed E-state index contributed by atoms with van der Waals surface area (Å²) in [5.74, 6) is -4.74. The third-order valence-corrected chi connectivity index (χ3v) is 3.25. The standard InChI is InChI=1S/C15H26N4O7/c1-7(2)4-9(16)14(24)17-6-11(20)18-8(3)13(23)19-10(15(25)26)5-12(21)22/h7-10H,4-6,16H2,1-3H3,(H,17,24)(H,18,20)(H,19,23)(H,21,22)(H,25,26). The number of carbonyl (C=O) groups is 5. The van der Waals surface area contributed by atoms with Gasteiger partial charge in [-0.05, 0) is 19.3 Å². The topological polar surface area (TPSA) is 188 Å². The highest BCUT2D eigenvalue weighted by Crippen LogP contribution is 2.02. The zero-order valence-electron chi connectivity index (χ0n) is 14.9. The molecule has 0 heterocycles. The summed E-state index contributed by atoms with van der Waals surface area (Å²) < 4.78 is 0. The number of carboxylic acid groups (broad SMARTS) is 2. The van der Waals surface area contributed by atoms with Gasteiger partial charge in [0, 0.05) is 0 Å². The number of carbonyl (C=O) groups excluding carboxylic acids is 3. The van der Waals surface area contributed by atoms with Crippen molar-refractivity contribution in [3.05, 3.63) is 0 Å². The molecule has 0 spiro atoms. The molecule has 0 aliphatic rings. The highest BCUT2D eigenvalue weighted by molar-refractivity contribution is 5.93. The molecule has 7 N–H and O–H groups in total. The van der Waals surface area contributed by atoms with Gasteiger partial charge < -0.3 is 31.9 Å². The Bertz CT molecular complexity index is 550. The molecule has 148 valence electrons. The minimum Gasteiger partial charge on any atom is -0.481 e. The molecule has 0 saturated carbocycles. The Kier molecular flexibility index (Phi) is 9.89. The van der Waals surface area contributed by atoms with Crippen molar-refractivity contribution in [2.45, 2.75) is 51.7 Å². The Morgan fingerprint density at radius 3 is 2.00 bits per heavy atom. The van der Waals surface area contributed by atoms with Gasteiger partial charge in [0.25, 0.3) is 0 Å². The highest BCUT2D eigenvalue weighted by Gasteiger charge is 2.26. The Labute approximate surface area is 150 Å². The molecule has 26 heavy (non-hydrogen) atoms. The lowest BCUT2D eigenvalue weighted by molar-refractivity contribution is -0.147. The van der Waals surface area contributed by atoms with Gasteiger partial charge in [0.2, 0.25) is 17.7 Å². The molecule has 0 fully saturated rings. The molecule has 0 saturated heterocycles. The Balaban J connectivity index is 4.43. The summed E-state index contributed by atoms with van der Waals surface area (Å²) in [6, 6.07) is -3.50. The maximum Gasteiger partial charge on any atom is 0.326 e. The molecule has 0 aliphatic carbocycles. The molecule has 0 rings (SSSR count). The largest absolute Gasteiger partial charge is 0.481 e. The van der Waals surface area contributed by atoms with Crippen molar-refractivity contribution < 1.29 is 34.2 Å². The van der Waals surface area contributed by atoms with E-state index >= 15 is 0 Å². The summed E-state index contributed by atoms with van der Waals surface area (Å²) in [4.78, 5) is 56.8. The first-order chi connectivity index (χ1) is 11.9. The van der Waals surface area contributed by atoms with Gasteiger partial charge in [0.15, 0.2) is 0 Å². The van der Waals surface area contributed by atoms with Crippen molar-refractivity contribution in [2.24, 2.45) is 11.7 Å². The van der Waals surface area contributed by atoms with Crippen LogP contribution in [0.4, 0.5) is 0 Å². The number of nitrogens with two attached hydrogens (primary N) is 1. The number of aliphatic carboxylic acids is 2. The van der Waals surface area contributed by atoms with E-state index < -0.39 is 60.8 Å². The lowest BCUT2D eigenvalue weighted by Gasteiger charge is -2.18. The molecule has 0 aliphatic heterocycles. The van der Waals surface area contributed by atoms with E-state index in [0.717, 1.165) is 0 Å². The normalized spacial score (nSPS) is 14.0. The fourth-order valence-electron chi connectivity index (χ4n) is 1.94. The predicted molar refractivity (Wildman–Crippen MR) is 89.9 cm³/mol. The van der Waals surface area contributed by atoms with Crippen molar-refractivity contribution in [2.75, 3.05) is 6.54 Å². The zero-order chi connectivity index (χ0) is 20.4. The summed E-state index contributed by atoms with van der Waals surface area (Å²) in [7, 11) is 0. The first kappa shape index (κ1) is 23.3. The number of hydrogen-bond donors (Lipinski definition) is 6. The summed E-state index contributed by atoms with van der Waals surface area (Å²) in [5, 5.41) is 24.1. The van der Waals surface area contributed by atoms with Crippen molar-refractivity contribution >= 4 is 29.7 Å².